The van der Waals surface area contributed by atoms with E-state index in [4.69, 9.17) is 4.74 Å². The van der Waals surface area contributed by atoms with Gasteiger partial charge in [-0.15, -0.1) is 0 Å². The van der Waals surface area contributed by atoms with Gasteiger partial charge in [0.15, 0.2) is 0 Å². The molecule has 0 spiro atoms. The summed E-state index contributed by atoms with van der Waals surface area (Å²) in [5.41, 5.74) is -0.783. The van der Waals surface area contributed by atoms with Crippen molar-refractivity contribution in [3.8, 4) is 0 Å². The lowest BCUT2D eigenvalue weighted by Crippen LogP contribution is -2.69. The van der Waals surface area contributed by atoms with E-state index in [0.717, 1.165) is 6.42 Å². The first-order valence-electron chi connectivity index (χ1n) is 7.05. The van der Waals surface area contributed by atoms with E-state index in [1.807, 2.05) is 20.8 Å². The maximum atomic E-state index is 12.6. The number of carbonyl (C=O) groups is 2. The number of hydrogen-bond acceptors (Lipinski definition) is 3. The van der Waals surface area contributed by atoms with Gasteiger partial charge in [0.05, 0.1) is 6.10 Å². The van der Waals surface area contributed by atoms with Crippen LogP contribution >= 0.6 is 0 Å². The van der Waals surface area contributed by atoms with Crippen LogP contribution in [0.25, 0.3) is 0 Å². The van der Waals surface area contributed by atoms with Gasteiger partial charge in [0.1, 0.15) is 11.6 Å². The van der Waals surface area contributed by atoms with Crippen LogP contribution in [0.15, 0.2) is 0 Å². The Kier molecular flexibility index (Phi) is 5.35. The zero-order valence-corrected chi connectivity index (χ0v) is 12.7. The largest absolute Gasteiger partial charge is 0.380 e. The molecule has 0 aromatic rings. The third-order valence-corrected chi connectivity index (χ3v) is 3.94. The third-order valence-electron chi connectivity index (χ3n) is 3.94. The fraction of sp³-hybridized carbons (Fsp3) is 0.857. The first-order valence-corrected chi connectivity index (χ1v) is 7.05. The molecule has 0 aliphatic carbocycles. The molecule has 110 valence electrons. The minimum Gasteiger partial charge on any atom is -0.380 e. The summed E-state index contributed by atoms with van der Waals surface area (Å²) in [4.78, 5) is 26.5. The van der Waals surface area contributed by atoms with Gasteiger partial charge in [0, 0.05) is 13.7 Å². The Labute approximate surface area is 115 Å². The van der Waals surface area contributed by atoms with Crippen LogP contribution in [0, 0.1) is 0 Å². The zero-order valence-electron chi connectivity index (χ0n) is 12.7. The second-order valence-corrected chi connectivity index (χ2v) is 5.48. The molecule has 1 aliphatic rings. The molecule has 1 N–H and O–H groups in total. The number of rotatable bonds is 6. The smallest absolute Gasteiger partial charge is 0.248 e. The Morgan fingerprint density at radius 1 is 1.42 bits per heavy atom. The topological polar surface area (TPSA) is 58.6 Å². The average molecular weight is 270 g/mol. The SMILES string of the molecule is CCCC1C(=O)NC(C)(CC)C(=O)N1CC(C)OC. The molecule has 0 bridgehead atoms. The molecule has 0 radical (unpaired) electrons. The van der Waals surface area contributed by atoms with Crippen molar-refractivity contribution in [2.24, 2.45) is 0 Å². The fourth-order valence-electron chi connectivity index (χ4n) is 2.37. The molecule has 5 heteroatoms. The van der Waals surface area contributed by atoms with Crippen LogP contribution in [-0.2, 0) is 14.3 Å². The van der Waals surface area contributed by atoms with E-state index in [1.54, 1.807) is 18.9 Å². The summed E-state index contributed by atoms with van der Waals surface area (Å²) in [6.07, 6.45) is 2.07. The Morgan fingerprint density at radius 2 is 2.05 bits per heavy atom. The second kappa shape index (κ2) is 6.37. The van der Waals surface area contributed by atoms with Crippen molar-refractivity contribution < 1.29 is 14.3 Å². The van der Waals surface area contributed by atoms with Crippen molar-refractivity contribution in [2.45, 2.75) is 64.6 Å². The lowest BCUT2D eigenvalue weighted by atomic mass is 9.90. The van der Waals surface area contributed by atoms with Crippen LogP contribution in [-0.4, -0.2) is 48.1 Å². The maximum Gasteiger partial charge on any atom is 0.248 e. The number of nitrogens with zero attached hydrogens (tertiary/aromatic N) is 1. The summed E-state index contributed by atoms with van der Waals surface area (Å²) in [6, 6.07) is -0.366. The first-order chi connectivity index (χ1) is 8.89. The van der Waals surface area contributed by atoms with E-state index in [-0.39, 0.29) is 24.0 Å². The van der Waals surface area contributed by atoms with Gasteiger partial charge in [-0.1, -0.05) is 20.3 Å². The van der Waals surface area contributed by atoms with Crippen molar-refractivity contribution in [1.29, 1.82) is 0 Å². The molecule has 3 unspecified atom stereocenters. The fourth-order valence-corrected chi connectivity index (χ4v) is 2.37. The highest BCUT2D eigenvalue weighted by atomic mass is 16.5. The highest BCUT2D eigenvalue weighted by molar-refractivity contribution is 5.99. The van der Waals surface area contributed by atoms with Gasteiger partial charge in [0.25, 0.3) is 0 Å². The molecular weight excluding hydrogens is 244 g/mol. The van der Waals surface area contributed by atoms with Gasteiger partial charge in [-0.3, -0.25) is 9.59 Å². The van der Waals surface area contributed by atoms with Crippen LogP contribution < -0.4 is 5.32 Å². The van der Waals surface area contributed by atoms with Gasteiger partial charge in [0.2, 0.25) is 11.8 Å². The maximum absolute atomic E-state index is 12.6. The minimum atomic E-state index is -0.783. The third kappa shape index (κ3) is 3.26. The molecule has 5 nitrogen and oxygen atoms in total. The number of piperazine rings is 1. The molecule has 2 amide bonds. The predicted octanol–water partition coefficient (Wildman–Crippen LogP) is 1.32. The molecule has 1 heterocycles. The Morgan fingerprint density at radius 3 is 2.53 bits per heavy atom. The monoisotopic (exact) mass is 270 g/mol. The lowest BCUT2D eigenvalue weighted by Gasteiger charge is -2.44. The van der Waals surface area contributed by atoms with Crippen LogP contribution in [0.1, 0.15) is 47.0 Å². The Balaban J connectivity index is 2.99. The molecule has 1 saturated heterocycles. The van der Waals surface area contributed by atoms with Crippen LogP contribution in [0.4, 0.5) is 0 Å². The summed E-state index contributed by atoms with van der Waals surface area (Å²) in [5, 5.41) is 2.88. The molecule has 0 saturated carbocycles. The normalized spacial score (nSPS) is 29.3. The molecule has 1 fully saturated rings. The summed E-state index contributed by atoms with van der Waals surface area (Å²) in [7, 11) is 1.62. The number of hydrogen-bond donors (Lipinski definition) is 1. The van der Waals surface area contributed by atoms with Gasteiger partial charge in [-0.25, -0.2) is 0 Å². The van der Waals surface area contributed by atoms with Crippen LogP contribution in [0.2, 0.25) is 0 Å². The second-order valence-electron chi connectivity index (χ2n) is 5.48. The van der Waals surface area contributed by atoms with Gasteiger partial charge in [-0.05, 0) is 26.7 Å². The molecule has 1 aliphatic heterocycles. The van der Waals surface area contributed by atoms with Crippen molar-refractivity contribution in [3.63, 3.8) is 0 Å². The summed E-state index contributed by atoms with van der Waals surface area (Å²) in [6.45, 7) is 8.09. The molecule has 3 atom stereocenters. The number of ether oxygens (including phenoxy) is 1. The Hall–Kier alpha value is -1.10. The average Bonchev–Trinajstić information content (AvgIpc) is 2.39. The molecule has 0 aromatic heterocycles. The van der Waals surface area contributed by atoms with Gasteiger partial charge in [-0.2, -0.15) is 0 Å². The quantitative estimate of drug-likeness (QED) is 0.792. The van der Waals surface area contributed by atoms with Gasteiger partial charge < -0.3 is 15.0 Å². The summed E-state index contributed by atoms with van der Waals surface area (Å²) < 4.78 is 5.24. The van der Waals surface area contributed by atoms with E-state index in [2.05, 4.69) is 5.32 Å². The van der Waals surface area contributed by atoms with E-state index < -0.39 is 5.54 Å². The molecule has 19 heavy (non-hydrogen) atoms. The van der Waals surface area contributed by atoms with Crippen molar-refractivity contribution in [2.75, 3.05) is 13.7 Å². The van der Waals surface area contributed by atoms with Crippen molar-refractivity contribution in [3.05, 3.63) is 0 Å². The summed E-state index contributed by atoms with van der Waals surface area (Å²) in [5.74, 6) is -0.0500. The highest BCUT2D eigenvalue weighted by Gasteiger charge is 2.46. The minimum absolute atomic E-state index is 0.00282. The molecule has 1 rings (SSSR count). The lowest BCUT2D eigenvalue weighted by molar-refractivity contribution is -0.156. The van der Waals surface area contributed by atoms with E-state index in [1.165, 1.54) is 0 Å². The summed E-state index contributed by atoms with van der Waals surface area (Å²) >= 11 is 0. The van der Waals surface area contributed by atoms with E-state index in [0.29, 0.717) is 19.4 Å². The number of nitrogens with one attached hydrogen (secondary N) is 1. The van der Waals surface area contributed by atoms with E-state index >= 15 is 0 Å². The molecular formula is C14H26N2O3. The van der Waals surface area contributed by atoms with Crippen molar-refractivity contribution in [1.82, 2.24) is 10.2 Å². The van der Waals surface area contributed by atoms with Crippen LogP contribution in [0.5, 0.6) is 0 Å². The number of carbonyl (C=O) groups excluding carboxylic acids is 2. The number of methoxy groups -OCH3 is 1. The first kappa shape index (κ1) is 16.0. The van der Waals surface area contributed by atoms with E-state index in [9.17, 15) is 9.59 Å². The standard InChI is InChI=1S/C14H26N2O3/c1-6-8-11-12(17)15-14(4,7-2)13(18)16(11)9-10(3)19-5/h10-11H,6-9H2,1-5H3,(H,15,17). The predicted molar refractivity (Wildman–Crippen MR) is 73.7 cm³/mol. The zero-order chi connectivity index (χ0) is 14.6. The highest BCUT2D eigenvalue weighted by Crippen LogP contribution is 2.24. The van der Waals surface area contributed by atoms with Crippen molar-refractivity contribution >= 4 is 11.8 Å². The van der Waals surface area contributed by atoms with Gasteiger partial charge >= 0.3 is 0 Å². The Bertz CT molecular complexity index is 346. The molecule has 0 aromatic carbocycles. The van der Waals surface area contributed by atoms with Crippen LogP contribution in [0.3, 0.4) is 0 Å². The number of amides is 2.